The molecule has 0 aliphatic rings. The lowest BCUT2D eigenvalue weighted by atomic mass is 10.2. The zero-order valence-electron chi connectivity index (χ0n) is 8.94. The molecule has 1 heterocycles. The molecule has 0 saturated carbocycles. The Morgan fingerprint density at radius 1 is 1.07 bits per heavy atom. The summed E-state index contributed by atoms with van der Waals surface area (Å²) in [5, 5.41) is 0. The smallest absolute Gasteiger partial charge is 0.0991 e. The first-order chi connectivity index (χ1) is 6.86. The second kappa shape index (κ2) is 5.22. The Kier molecular flexibility index (Phi) is 3.92. The third-order valence-electron chi connectivity index (χ3n) is 1.84. The van der Waals surface area contributed by atoms with Crippen molar-refractivity contribution in [3.05, 3.63) is 48.5 Å². The van der Waals surface area contributed by atoms with Crippen LogP contribution in [0.2, 0.25) is 0 Å². The Morgan fingerprint density at radius 3 is 2.21 bits per heavy atom. The second-order valence-electron chi connectivity index (χ2n) is 2.81. The summed E-state index contributed by atoms with van der Waals surface area (Å²) in [6, 6.07) is 8.35. The van der Waals surface area contributed by atoms with E-state index in [9.17, 15) is 0 Å². The number of aromatic nitrogens is 2. The quantitative estimate of drug-likeness (QED) is 0.672. The molecule has 0 aliphatic carbocycles. The van der Waals surface area contributed by atoms with Crippen LogP contribution in [0.25, 0.3) is 5.69 Å². The van der Waals surface area contributed by atoms with Gasteiger partial charge in [-0.15, -0.1) is 0 Å². The van der Waals surface area contributed by atoms with E-state index in [1.54, 1.807) is 12.5 Å². The molecule has 0 unspecified atom stereocenters. The summed E-state index contributed by atoms with van der Waals surface area (Å²) in [6.07, 6.45) is 5.51. The Balaban J connectivity index is 0.000000461. The minimum Gasteiger partial charge on any atom is -0.306 e. The van der Waals surface area contributed by atoms with Crippen molar-refractivity contribution in [1.82, 2.24) is 9.55 Å². The standard InChI is InChI=1S/C10H10N2.C2H6/c1-9-2-4-10(5-3-9)12-7-6-11-8-12;1-2/h2-8H,1H3;1-2H3. The highest BCUT2D eigenvalue weighted by Crippen LogP contribution is 2.07. The molecule has 14 heavy (non-hydrogen) atoms. The average Bonchev–Trinajstić information content (AvgIpc) is 2.75. The van der Waals surface area contributed by atoms with Gasteiger partial charge in [0.2, 0.25) is 0 Å². The van der Waals surface area contributed by atoms with Crippen LogP contribution in [0.5, 0.6) is 0 Å². The summed E-state index contributed by atoms with van der Waals surface area (Å²) in [6.45, 7) is 6.08. The van der Waals surface area contributed by atoms with E-state index in [-0.39, 0.29) is 0 Å². The van der Waals surface area contributed by atoms with Gasteiger partial charge >= 0.3 is 0 Å². The van der Waals surface area contributed by atoms with Crippen LogP contribution in [-0.4, -0.2) is 9.55 Å². The van der Waals surface area contributed by atoms with Crippen molar-refractivity contribution in [2.45, 2.75) is 20.8 Å². The van der Waals surface area contributed by atoms with E-state index in [1.807, 2.05) is 24.6 Å². The fourth-order valence-corrected chi connectivity index (χ4v) is 1.13. The molecule has 0 atom stereocenters. The summed E-state index contributed by atoms with van der Waals surface area (Å²) in [7, 11) is 0. The molecule has 2 rings (SSSR count). The van der Waals surface area contributed by atoms with Gasteiger partial charge < -0.3 is 4.57 Å². The molecule has 0 fully saturated rings. The van der Waals surface area contributed by atoms with Gasteiger partial charge in [0.05, 0.1) is 6.33 Å². The van der Waals surface area contributed by atoms with Crippen molar-refractivity contribution >= 4 is 0 Å². The summed E-state index contributed by atoms with van der Waals surface area (Å²) in [5.74, 6) is 0. The van der Waals surface area contributed by atoms with Crippen LogP contribution in [0.4, 0.5) is 0 Å². The van der Waals surface area contributed by atoms with Crippen LogP contribution in [0.1, 0.15) is 19.4 Å². The molecule has 0 amide bonds. The van der Waals surface area contributed by atoms with Crippen molar-refractivity contribution in [2.75, 3.05) is 0 Å². The Bertz CT molecular complexity index is 346. The number of imidazole rings is 1. The maximum atomic E-state index is 3.98. The number of benzene rings is 1. The molecule has 0 aliphatic heterocycles. The van der Waals surface area contributed by atoms with Crippen molar-refractivity contribution in [1.29, 1.82) is 0 Å². The van der Waals surface area contributed by atoms with Gasteiger partial charge in [-0.25, -0.2) is 4.98 Å². The fraction of sp³-hybridized carbons (Fsp3) is 0.250. The number of hydrogen-bond donors (Lipinski definition) is 0. The predicted octanol–water partition coefficient (Wildman–Crippen LogP) is 3.21. The van der Waals surface area contributed by atoms with E-state index in [0.717, 1.165) is 5.69 Å². The van der Waals surface area contributed by atoms with Crippen molar-refractivity contribution in [3.63, 3.8) is 0 Å². The molecule has 0 N–H and O–H groups in total. The number of rotatable bonds is 1. The second-order valence-corrected chi connectivity index (χ2v) is 2.81. The topological polar surface area (TPSA) is 17.8 Å². The summed E-state index contributed by atoms with van der Waals surface area (Å²) in [5.41, 5.74) is 2.43. The molecule has 2 nitrogen and oxygen atoms in total. The molecule has 0 bridgehead atoms. The van der Waals surface area contributed by atoms with E-state index < -0.39 is 0 Å². The lowest BCUT2D eigenvalue weighted by Crippen LogP contribution is -1.88. The number of nitrogens with zero attached hydrogens (tertiary/aromatic N) is 2. The predicted molar refractivity (Wildman–Crippen MR) is 59.6 cm³/mol. The molecule has 2 heteroatoms. The maximum Gasteiger partial charge on any atom is 0.0991 e. The van der Waals surface area contributed by atoms with Crippen LogP contribution in [-0.2, 0) is 0 Å². The van der Waals surface area contributed by atoms with Crippen LogP contribution >= 0.6 is 0 Å². The largest absolute Gasteiger partial charge is 0.306 e. The fourth-order valence-electron chi connectivity index (χ4n) is 1.13. The minimum atomic E-state index is 1.15. The minimum absolute atomic E-state index is 1.15. The highest BCUT2D eigenvalue weighted by atomic mass is 15.0. The highest BCUT2D eigenvalue weighted by molar-refractivity contribution is 5.33. The molecule has 0 radical (unpaired) electrons. The van der Waals surface area contributed by atoms with Gasteiger partial charge in [0.1, 0.15) is 0 Å². The monoisotopic (exact) mass is 188 g/mol. The van der Waals surface area contributed by atoms with Gasteiger partial charge in [0.15, 0.2) is 0 Å². The third-order valence-corrected chi connectivity index (χ3v) is 1.84. The van der Waals surface area contributed by atoms with Gasteiger partial charge in [-0.1, -0.05) is 31.5 Å². The molecule has 0 spiro atoms. The van der Waals surface area contributed by atoms with E-state index in [0.29, 0.717) is 0 Å². The lowest BCUT2D eigenvalue weighted by molar-refractivity contribution is 1.06. The van der Waals surface area contributed by atoms with Gasteiger partial charge in [-0.05, 0) is 19.1 Å². The average molecular weight is 188 g/mol. The molecule has 0 saturated heterocycles. The Morgan fingerprint density at radius 2 is 1.71 bits per heavy atom. The SMILES string of the molecule is CC.Cc1ccc(-n2ccnc2)cc1. The molecule has 2 aromatic rings. The van der Waals surface area contributed by atoms with Crippen molar-refractivity contribution in [3.8, 4) is 5.69 Å². The number of aryl methyl sites for hydroxylation is 1. The zero-order chi connectivity index (χ0) is 10.4. The van der Waals surface area contributed by atoms with Crippen LogP contribution in [0.3, 0.4) is 0 Å². The first kappa shape index (κ1) is 10.5. The van der Waals surface area contributed by atoms with E-state index in [2.05, 4.69) is 36.2 Å². The molecule has 1 aromatic carbocycles. The molecular formula is C12H16N2. The summed E-state index contributed by atoms with van der Waals surface area (Å²) in [4.78, 5) is 3.98. The summed E-state index contributed by atoms with van der Waals surface area (Å²) >= 11 is 0. The van der Waals surface area contributed by atoms with Gasteiger partial charge in [0, 0.05) is 18.1 Å². The molecular weight excluding hydrogens is 172 g/mol. The zero-order valence-corrected chi connectivity index (χ0v) is 8.94. The first-order valence-electron chi connectivity index (χ1n) is 4.91. The molecule has 74 valence electrons. The van der Waals surface area contributed by atoms with E-state index in [4.69, 9.17) is 0 Å². The summed E-state index contributed by atoms with van der Waals surface area (Å²) < 4.78 is 1.99. The van der Waals surface area contributed by atoms with Gasteiger partial charge in [0.25, 0.3) is 0 Å². The van der Waals surface area contributed by atoms with E-state index >= 15 is 0 Å². The van der Waals surface area contributed by atoms with Crippen LogP contribution in [0, 0.1) is 6.92 Å². The van der Waals surface area contributed by atoms with Crippen LogP contribution in [0.15, 0.2) is 43.0 Å². The van der Waals surface area contributed by atoms with Crippen LogP contribution < -0.4 is 0 Å². The lowest BCUT2D eigenvalue weighted by Gasteiger charge is -2.00. The van der Waals surface area contributed by atoms with Crippen molar-refractivity contribution in [2.24, 2.45) is 0 Å². The maximum absolute atomic E-state index is 3.98. The third kappa shape index (κ3) is 2.46. The number of hydrogen-bond acceptors (Lipinski definition) is 1. The Hall–Kier alpha value is -1.57. The van der Waals surface area contributed by atoms with Gasteiger partial charge in [-0.2, -0.15) is 0 Å². The normalized spacial score (nSPS) is 9.07. The first-order valence-corrected chi connectivity index (χ1v) is 4.91. The Labute approximate surface area is 85.2 Å². The van der Waals surface area contributed by atoms with Crippen molar-refractivity contribution < 1.29 is 0 Å². The molecule has 1 aromatic heterocycles. The van der Waals surface area contributed by atoms with E-state index in [1.165, 1.54) is 5.56 Å². The van der Waals surface area contributed by atoms with Gasteiger partial charge in [-0.3, -0.25) is 0 Å². The highest BCUT2D eigenvalue weighted by Gasteiger charge is 1.92.